The van der Waals surface area contributed by atoms with E-state index in [0.29, 0.717) is 24.8 Å². The molecule has 1 atom stereocenters. The Morgan fingerprint density at radius 1 is 1.28 bits per heavy atom. The molecule has 0 aromatic carbocycles. The van der Waals surface area contributed by atoms with E-state index in [2.05, 4.69) is 0 Å². The molecule has 1 fully saturated rings. The first-order valence-corrected chi connectivity index (χ1v) is 6.48. The number of ketones is 2. The molecule has 1 saturated carbocycles. The fraction of sp³-hybridized carbons (Fsp3) is 0.643. The zero-order valence-electron chi connectivity index (χ0n) is 10.9. The highest BCUT2D eigenvalue weighted by Gasteiger charge is 2.46. The summed E-state index contributed by atoms with van der Waals surface area (Å²) in [5, 5.41) is 0. The molecule has 0 unspecified atom stereocenters. The second-order valence-corrected chi connectivity index (χ2v) is 5.11. The SMILES string of the molecule is CCOC(=O)C1=C2CCCC(=O)[C@]2(C)CCC1=O. The lowest BCUT2D eigenvalue weighted by Crippen LogP contribution is -2.40. The molecule has 0 amide bonds. The van der Waals surface area contributed by atoms with Gasteiger partial charge in [0.05, 0.1) is 6.61 Å². The van der Waals surface area contributed by atoms with E-state index in [-0.39, 0.29) is 30.2 Å². The monoisotopic (exact) mass is 250 g/mol. The molecule has 0 bridgehead atoms. The molecule has 0 radical (unpaired) electrons. The van der Waals surface area contributed by atoms with E-state index < -0.39 is 11.4 Å². The number of ether oxygens (including phenoxy) is 1. The second kappa shape index (κ2) is 4.67. The van der Waals surface area contributed by atoms with E-state index in [4.69, 9.17) is 4.74 Å². The van der Waals surface area contributed by atoms with E-state index in [9.17, 15) is 14.4 Å². The van der Waals surface area contributed by atoms with Crippen molar-refractivity contribution < 1.29 is 19.1 Å². The first-order chi connectivity index (χ1) is 8.50. The number of carbonyl (C=O) groups is 3. The summed E-state index contributed by atoms with van der Waals surface area (Å²) in [6.45, 7) is 3.81. The van der Waals surface area contributed by atoms with Gasteiger partial charge in [-0.25, -0.2) is 4.79 Å². The average molecular weight is 250 g/mol. The van der Waals surface area contributed by atoms with Crippen molar-refractivity contribution in [3.05, 3.63) is 11.1 Å². The number of hydrogen-bond donors (Lipinski definition) is 0. The van der Waals surface area contributed by atoms with Gasteiger partial charge in [-0.15, -0.1) is 0 Å². The van der Waals surface area contributed by atoms with E-state index in [1.165, 1.54) is 0 Å². The van der Waals surface area contributed by atoms with Crippen molar-refractivity contribution in [2.75, 3.05) is 6.61 Å². The van der Waals surface area contributed by atoms with Gasteiger partial charge in [0, 0.05) is 18.3 Å². The maximum atomic E-state index is 12.1. The summed E-state index contributed by atoms with van der Waals surface area (Å²) in [5.74, 6) is -0.577. The minimum Gasteiger partial charge on any atom is -0.462 e. The third-order valence-corrected chi connectivity index (χ3v) is 4.02. The van der Waals surface area contributed by atoms with E-state index >= 15 is 0 Å². The highest BCUT2D eigenvalue weighted by atomic mass is 16.5. The van der Waals surface area contributed by atoms with Crippen molar-refractivity contribution in [2.45, 2.75) is 46.0 Å². The van der Waals surface area contributed by atoms with Crippen LogP contribution in [-0.4, -0.2) is 24.1 Å². The third-order valence-electron chi connectivity index (χ3n) is 4.02. The highest BCUT2D eigenvalue weighted by Crippen LogP contribution is 2.46. The normalized spacial score (nSPS) is 28.1. The molecule has 18 heavy (non-hydrogen) atoms. The predicted molar refractivity (Wildman–Crippen MR) is 64.9 cm³/mol. The number of hydrogen-bond acceptors (Lipinski definition) is 4. The Kier molecular flexibility index (Phi) is 3.37. The first-order valence-electron chi connectivity index (χ1n) is 6.48. The largest absolute Gasteiger partial charge is 0.462 e. The van der Waals surface area contributed by atoms with Gasteiger partial charge < -0.3 is 4.74 Å². The minimum atomic E-state index is -0.617. The van der Waals surface area contributed by atoms with Crippen LogP contribution in [0.15, 0.2) is 11.1 Å². The Balaban J connectivity index is 2.49. The molecule has 0 spiro atoms. The molecular formula is C14H18O4. The van der Waals surface area contributed by atoms with E-state index in [0.717, 1.165) is 6.42 Å². The summed E-state index contributed by atoms with van der Waals surface area (Å²) >= 11 is 0. The van der Waals surface area contributed by atoms with Crippen LogP contribution in [-0.2, 0) is 19.1 Å². The van der Waals surface area contributed by atoms with Crippen molar-refractivity contribution in [1.29, 1.82) is 0 Å². The third kappa shape index (κ3) is 1.89. The van der Waals surface area contributed by atoms with Crippen LogP contribution in [0.4, 0.5) is 0 Å². The Bertz CT molecular complexity index is 447. The molecule has 98 valence electrons. The minimum absolute atomic E-state index is 0.151. The molecule has 4 heteroatoms. The molecular weight excluding hydrogens is 232 g/mol. The van der Waals surface area contributed by atoms with Gasteiger partial charge in [0.15, 0.2) is 5.78 Å². The zero-order valence-corrected chi connectivity index (χ0v) is 10.9. The summed E-state index contributed by atoms with van der Waals surface area (Å²) < 4.78 is 4.95. The van der Waals surface area contributed by atoms with Crippen LogP contribution in [0.5, 0.6) is 0 Å². The Labute approximate surface area is 106 Å². The van der Waals surface area contributed by atoms with E-state index in [1.807, 2.05) is 6.92 Å². The van der Waals surface area contributed by atoms with Crippen LogP contribution in [0.2, 0.25) is 0 Å². The number of Topliss-reactive ketones (excluding diaryl/α,β-unsaturated/α-hetero) is 2. The molecule has 0 saturated heterocycles. The van der Waals surface area contributed by atoms with Crippen LogP contribution < -0.4 is 0 Å². The molecule has 0 aliphatic heterocycles. The fourth-order valence-electron chi connectivity index (χ4n) is 2.93. The highest BCUT2D eigenvalue weighted by molar-refractivity contribution is 6.19. The van der Waals surface area contributed by atoms with Crippen molar-refractivity contribution in [1.82, 2.24) is 0 Å². The summed E-state index contributed by atoms with van der Waals surface area (Å²) in [6, 6.07) is 0. The number of fused-ring (bicyclic) bond motifs is 1. The quantitative estimate of drug-likeness (QED) is 0.555. The van der Waals surface area contributed by atoms with Gasteiger partial charge in [-0.1, -0.05) is 0 Å². The summed E-state index contributed by atoms with van der Waals surface area (Å²) in [6.07, 6.45) is 2.72. The van der Waals surface area contributed by atoms with Gasteiger partial charge >= 0.3 is 5.97 Å². The summed E-state index contributed by atoms with van der Waals surface area (Å²) in [4.78, 5) is 35.9. The van der Waals surface area contributed by atoms with Gasteiger partial charge in [-0.3, -0.25) is 9.59 Å². The Morgan fingerprint density at radius 2 is 2.00 bits per heavy atom. The smallest absolute Gasteiger partial charge is 0.341 e. The van der Waals surface area contributed by atoms with Gasteiger partial charge in [0.2, 0.25) is 0 Å². The summed E-state index contributed by atoms with van der Waals surface area (Å²) in [7, 11) is 0. The standard InChI is InChI=1S/C14H18O4/c1-3-18-13(17)12-9-5-4-6-11(16)14(9,2)8-7-10(12)15/h3-8H2,1-2H3/t14-/m1/s1. The van der Waals surface area contributed by atoms with Crippen LogP contribution in [0.25, 0.3) is 0 Å². The van der Waals surface area contributed by atoms with Crippen molar-refractivity contribution in [3.63, 3.8) is 0 Å². The van der Waals surface area contributed by atoms with Crippen LogP contribution in [0.1, 0.15) is 46.0 Å². The van der Waals surface area contributed by atoms with Crippen LogP contribution >= 0.6 is 0 Å². The maximum Gasteiger partial charge on any atom is 0.341 e. The number of carbonyl (C=O) groups excluding carboxylic acids is 3. The molecule has 0 N–H and O–H groups in total. The summed E-state index contributed by atoms with van der Waals surface area (Å²) in [5.41, 5.74) is 0.251. The zero-order chi connectivity index (χ0) is 13.3. The Morgan fingerprint density at radius 3 is 2.67 bits per heavy atom. The lowest BCUT2D eigenvalue weighted by atomic mass is 9.63. The molecule has 0 aromatic heterocycles. The lowest BCUT2D eigenvalue weighted by molar-refractivity contribution is -0.140. The van der Waals surface area contributed by atoms with Gasteiger partial charge in [-0.05, 0) is 38.7 Å². The molecule has 0 heterocycles. The number of esters is 1. The maximum absolute atomic E-state index is 12.1. The second-order valence-electron chi connectivity index (χ2n) is 5.11. The molecule has 0 aromatic rings. The number of allylic oxidation sites excluding steroid dienone is 1. The lowest BCUT2D eigenvalue weighted by Gasteiger charge is -2.39. The van der Waals surface area contributed by atoms with Gasteiger partial charge in [-0.2, -0.15) is 0 Å². The van der Waals surface area contributed by atoms with Crippen LogP contribution in [0, 0.1) is 5.41 Å². The topological polar surface area (TPSA) is 60.4 Å². The van der Waals surface area contributed by atoms with Crippen molar-refractivity contribution in [3.8, 4) is 0 Å². The van der Waals surface area contributed by atoms with Crippen molar-refractivity contribution >= 4 is 17.5 Å². The van der Waals surface area contributed by atoms with Gasteiger partial charge in [0.1, 0.15) is 11.4 Å². The average Bonchev–Trinajstić information content (AvgIpc) is 2.32. The molecule has 2 aliphatic carbocycles. The van der Waals surface area contributed by atoms with Gasteiger partial charge in [0.25, 0.3) is 0 Å². The van der Waals surface area contributed by atoms with E-state index in [1.54, 1.807) is 6.92 Å². The fourth-order valence-corrected chi connectivity index (χ4v) is 2.93. The number of rotatable bonds is 2. The Hall–Kier alpha value is -1.45. The molecule has 4 nitrogen and oxygen atoms in total. The molecule has 2 aliphatic rings. The first kappa shape index (κ1) is 13.0. The molecule has 2 rings (SSSR count). The predicted octanol–water partition coefficient (Wildman–Crippen LogP) is 1.97. The van der Waals surface area contributed by atoms with Crippen LogP contribution in [0.3, 0.4) is 0 Å². The van der Waals surface area contributed by atoms with Crippen molar-refractivity contribution in [2.24, 2.45) is 5.41 Å².